The zero-order valence-corrected chi connectivity index (χ0v) is 12.0. The predicted molar refractivity (Wildman–Crippen MR) is 82.1 cm³/mol. The van der Waals surface area contributed by atoms with Gasteiger partial charge >= 0.3 is 6.03 Å². The quantitative estimate of drug-likeness (QED) is 0.743. The Hall–Kier alpha value is -2.62. The molecule has 2 aromatic rings. The molecule has 0 radical (unpaired) electrons. The molecule has 0 aliphatic carbocycles. The van der Waals surface area contributed by atoms with Crippen LogP contribution in [-0.2, 0) is 6.42 Å². The Bertz CT molecular complexity index is 722. The summed E-state index contributed by atoms with van der Waals surface area (Å²) in [6, 6.07) is 14.6. The molecule has 21 heavy (non-hydrogen) atoms. The first-order chi connectivity index (χ1) is 10.1. The summed E-state index contributed by atoms with van der Waals surface area (Å²) in [4.78, 5) is 28.2. The summed E-state index contributed by atoms with van der Waals surface area (Å²) in [6.07, 6.45) is 0.310. The van der Waals surface area contributed by atoms with Crippen LogP contribution in [0, 0.1) is 0 Å². The average Bonchev–Trinajstić information content (AvgIpc) is 2.61. The number of urea groups is 1. The Labute approximate surface area is 123 Å². The fraction of sp³-hybridized carbons (Fsp3) is 0.176. The van der Waals surface area contributed by atoms with Gasteiger partial charge in [0.25, 0.3) is 0 Å². The van der Waals surface area contributed by atoms with Crippen molar-refractivity contribution in [3.63, 3.8) is 0 Å². The molecular weight excluding hydrogens is 264 g/mol. The van der Waals surface area contributed by atoms with Crippen molar-refractivity contribution in [2.45, 2.75) is 6.42 Å². The number of para-hydroxylation sites is 2. The standard InChI is InChI=1S/C17H16N2O2/c1-18(2)17(21)19-14-9-5-3-7-12(14)11-16(20)13-8-4-6-10-15(13)19/h3-10H,11H2,1-2H3. The molecule has 2 aromatic carbocycles. The summed E-state index contributed by atoms with van der Waals surface area (Å²) in [6.45, 7) is 0. The van der Waals surface area contributed by atoms with E-state index in [0.717, 1.165) is 11.3 Å². The van der Waals surface area contributed by atoms with E-state index in [1.807, 2.05) is 42.5 Å². The lowest BCUT2D eigenvalue weighted by Crippen LogP contribution is -2.36. The summed E-state index contributed by atoms with van der Waals surface area (Å²) in [5, 5.41) is 0. The van der Waals surface area contributed by atoms with Gasteiger partial charge in [0.1, 0.15) is 0 Å². The number of nitrogens with zero attached hydrogens (tertiary/aromatic N) is 2. The smallest absolute Gasteiger partial charge is 0.328 e. The summed E-state index contributed by atoms with van der Waals surface area (Å²) >= 11 is 0. The van der Waals surface area contributed by atoms with Crippen molar-refractivity contribution in [1.82, 2.24) is 4.90 Å². The van der Waals surface area contributed by atoms with E-state index in [1.165, 1.54) is 4.90 Å². The zero-order valence-electron chi connectivity index (χ0n) is 12.0. The number of ketones is 1. The van der Waals surface area contributed by atoms with Gasteiger partial charge in [0, 0.05) is 26.1 Å². The number of rotatable bonds is 0. The largest absolute Gasteiger partial charge is 0.330 e. The Morgan fingerprint density at radius 1 is 1.00 bits per heavy atom. The molecule has 0 bridgehead atoms. The number of hydrogen-bond acceptors (Lipinski definition) is 2. The van der Waals surface area contributed by atoms with Crippen LogP contribution in [0.2, 0.25) is 0 Å². The molecule has 0 saturated heterocycles. The molecule has 4 heteroatoms. The fourth-order valence-corrected chi connectivity index (χ4v) is 2.59. The monoisotopic (exact) mass is 280 g/mol. The minimum Gasteiger partial charge on any atom is -0.330 e. The summed E-state index contributed by atoms with van der Waals surface area (Å²) in [7, 11) is 3.42. The highest BCUT2D eigenvalue weighted by atomic mass is 16.2. The third-order valence-electron chi connectivity index (χ3n) is 3.60. The average molecular weight is 280 g/mol. The SMILES string of the molecule is CN(C)C(=O)N1c2ccccc2CC(=O)c2ccccc21. The van der Waals surface area contributed by atoms with Gasteiger partial charge in [-0.2, -0.15) is 0 Å². The predicted octanol–water partition coefficient (Wildman–Crippen LogP) is 3.25. The Morgan fingerprint density at radius 3 is 2.33 bits per heavy atom. The zero-order chi connectivity index (χ0) is 15.0. The third kappa shape index (κ3) is 2.18. The van der Waals surface area contributed by atoms with Crippen molar-refractivity contribution in [3.8, 4) is 0 Å². The van der Waals surface area contributed by atoms with Gasteiger partial charge < -0.3 is 4.90 Å². The first-order valence-electron chi connectivity index (χ1n) is 6.81. The van der Waals surface area contributed by atoms with Gasteiger partial charge in [0.05, 0.1) is 11.4 Å². The molecule has 2 amide bonds. The van der Waals surface area contributed by atoms with Gasteiger partial charge in [-0.1, -0.05) is 30.3 Å². The highest BCUT2D eigenvalue weighted by molar-refractivity contribution is 6.11. The van der Waals surface area contributed by atoms with Gasteiger partial charge in [-0.15, -0.1) is 0 Å². The second-order valence-electron chi connectivity index (χ2n) is 5.26. The highest BCUT2D eigenvalue weighted by Gasteiger charge is 2.29. The molecule has 106 valence electrons. The van der Waals surface area contributed by atoms with E-state index >= 15 is 0 Å². The molecule has 0 atom stereocenters. The van der Waals surface area contributed by atoms with Crippen LogP contribution in [0.5, 0.6) is 0 Å². The molecule has 0 aromatic heterocycles. The van der Waals surface area contributed by atoms with E-state index in [2.05, 4.69) is 0 Å². The number of Topliss-reactive ketones (excluding diaryl/α,β-unsaturated/α-hetero) is 1. The van der Waals surface area contributed by atoms with Gasteiger partial charge in [0.15, 0.2) is 5.78 Å². The molecule has 4 nitrogen and oxygen atoms in total. The summed E-state index contributed by atoms with van der Waals surface area (Å²) < 4.78 is 0. The number of amides is 2. The van der Waals surface area contributed by atoms with Crippen LogP contribution in [0.15, 0.2) is 48.5 Å². The van der Waals surface area contributed by atoms with Crippen molar-refractivity contribution >= 4 is 23.2 Å². The molecule has 1 aliphatic rings. The molecule has 3 rings (SSSR count). The van der Waals surface area contributed by atoms with Gasteiger partial charge in [-0.3, -0.25) is 9.69 Å². The second-order valence-corrected chi connectivity index (χ2v) is 5.26. The number of anilines is 2. The molecule has 1 aliphatic heterocycles. The lowest BCUT2D eigenvalue weighted by atomic mass is 10.0. The van der Waals surface area contributed by atoms with E-state index in [4.69, 9.17) is 0 Å². The van der Waals surface area contributed by atoms with Crippen LogP contribution < -0.4 is 4.90 Å². The Morgan fingerprint density at radius 2 is 1.62 bits per heavy atom. The van der Waals surface area contributed by atoms with Crippen LogP contribution in [0.1, 0.15) is 15.9 Å². The summed E-state index contributed by atoms with van der Waals surface area (Å²) in [5.41, 5.74) is 2.87. The maximum absolute atomic E-state index is 12.6. The van der Waals surface area contributed by atoms with Crippen molar-refractivity contribution in [3.05, 3.63) is 59.7 Å². The molecule has 0 spiro atoms. The van der Waals surface area contributed by atoms with E-state index in [-0.39, 0.29) is 11.8 Å². The van der Waals surface area contributed by atoms with Crippen molar-refractivity contribution in [1.29, 1.82) is 0 Å². The number of benzene rings is 2. The van der Waals surface area contributed by atoms with E-state index in [9.17, 15) is 9.59 Å². The van der Waals surface area contributed by atoms with E-state index in [0.29, 0.717) is 17.7 Å². The molecule has 0 unspecified atom stereocenters. The van der Waals surface area contributed by atoms with Gasteiger partial charge in [-0.25, -0.2) is 4.79 Å². The van der Waals surface area contributed by atoms with Crippen LogP contribution in [0.3, 0.4) is 0 Å². The summed E-state index contributed by atoms with van der Waals surface area (Å²) in [5.74, 6) is 0.0344. The van der Waals surface area contributed by atoms with Crippen molar-refractivity contribution in [2.75, 3.05) is 19.0 Å². The van der Waals surface area contributed by atoms with E-state index < -0.39 is 0 Å². The topological polar surface area (TPSA) is 40.6 Å². The highest BCUT2D eigenvalue weighted by Crippen LogP contribution is 2.36. The Kier molecular flexibility index (Phi) is 3.22. The molecule has 0 saturated carbocycles. The van der Waals surface area contributed by atoms with Crippen LogP contribution in [0.25, 0.3) is 0 Å². The number of fused-ring (bicyclic) bond motifs is 2. The fourth-order valence-electron chi connectivity index (χ4n) is 2.59. The molecular formula is C17H16N2O2. The second kappa shape index (κ2) is 5.05. The first-order valence-corrected chi connectivity index (χ1v) is 6.81. The minimum absolute atomic E-state index is 0.0344. The van der Waals surface area contributed by atoms with E-state index in [1.54, 1.807) is 25.1 Å². The maximum atomic E-state index is 12.6. The lowest BCUT2D eigenvalue weighted by molar-refractivity contribution is 0.0994. The maximum Gasteiger partial charge on any atom is 0.328 e. The molecule has 1 heterocycles. The van der Waals surface area contributed by atoms with Crippen LogP contribution in [0.4, 0.5) is 16.2 Å². The number of hydrogen-bond donors (Lipinski definition) is 0. The Balaban J connectivity index is 2.28. The normalized spacial score (nSPS) is 13.2. The van der Waals surface area contributed by atoms with Gasteiger partial charge in [-0.05, 0) is 23.8 Å². The van der Waals surface area contributed by atoms with Crippen molar-refractivity contribution < 1.29 is 9.59 Å². The third-order valence-corrected chi connectivity index (χ3v) is 3.60. The number of carbonyl (C=O) groups is 2. The van der Waals surface area contributed by atoms with Crippen molar-refractivity contribution in [2.24, 2.45) is 0 Å². The van der Waals surface area contributed by atoms with Gasteiger partial charge in [0.2, 0.25) is 0 Å². The lowest BCUT2D eigenvalue weighted by Gasteiger charge is -2.27. The molecule has 0 N–H and O–H groups in total. The minimum atomic E-state index is -0.162. The molecule has 0 fully saturated rings. The van der Waals surface area contributed by atoms with Crippen LogP contribution in [-0.4, -0.2) is 30.8 Å². The number of carbonyl (C=O) groups excluding carboxylic acids is 2. The first kappa shape index (κ1) is 13.4. The van der Waals surface area contributed by atoms with Crippen LogP contribution >= 0.6 is 0 Å².